The van der Waals surface area contributed by atoms with Gasteiger partial charge in [0.15, 0.2) is 0 Å². The second-order valence-electron chi connectivity index (χ2n) is 11.7. The van der Waals surface area contributed by atoms with Crippen LogP contribution >= 0.6 is 0 Å². The third kappa shape index (κ3) is 4.61. The molecular weight excluding hydrogens is 448 g/mol. The molecule has 196 valence electrons. The van der Waals surface area contributed by atoms with Crippen LogP contribution in [-0.4, -0.2) is 78.4 Å². The molecule has 5 saturated heterocycles. The number of nitrogens with zero attached hydrogens (tertiary/aromatic N) is 4. The van der Waals surface area contributed by atoms with Gasteiger partial charge in [0.25, 0.3) is 0 Å². The average Bonchev–Trinajstić information content (AvgIpc) is 2.96. The summed E-state index contributed by atoms with van der Waals surface area (Å²) in [5, 5.41) is 12.9. The fourth-order valence-corrected chi connectivity index (χ4v) is 7.67. The molecule has 0 saturated carbocycles. The van der Waals surface area contributed by atoms with Crippen molar-refractivity contribution in [2.75, 3.05) is 51.3 Å². The van der Waals surface area contributed by atoms with E-state index >= 15 is 0 Å². The monoisotopic (exact) mass is 492 g/mol. The number of ether oxygens (including phenoxy) is 1. The molecule has 6 heteroatoms. The zero-order chi connectivity index (χ0) is 24.6. The first-order chi connectivity index (χ1) is 17.6. The first-order valence-corrected chi connectivity index (χ1v) is 14.5. The zero-order valence-electron chi connectivity index (χ0n) is 22.2. The van der Waals surface area contributed by atoms with Crippen LogP contribution in [-0.2, 0) is 0 Å². The molecular formula is C30H44N4O2. The van der Waals surface area contributed by atoms with E-state index < -0.39 is 6.10 Å². The smallest absolute Gasteiger partial charge is 0.129 e. The summed E-state index contributed by atoms with van der Waals surface area (Å²) in [4.78, 5) is 12.9. The molecule has 5 aliphatic heterocycles. The summed E-state index contributed by atoms with van der Waals surface area (Å²) >= 11 is 0. The van der Waals surface area contributed by atoms with E-state index in [1.165, 1.54) is 58.0 Å². The van der Waals surface area contributed by atoms with Gasteiger partial charge in [-0.1, -0.05) is 19.8 Å². The predicted octanol–water partition coefficient (Wildman–Crippen LogP) is 4.85. The molecule has 1 N–H and O–H groups in total. The second-order valence-corrected chi connectivity index (χ2v) is 11.7. The van der Waals surface area contributed by atoms with Crippen LogP contribution in [0.5, 0.6) is 5.75 Å². The number of benzene rings is 1. The maximum Gasteiger partial charge on any atom is 0.129 e. The van der Waals surface area contributed by atoms with Crippen molar-refractivity contribution < 1.29 is 9.84 Å². The Kier molecular flexibility index (Phi) is 7.11. The van der Waals surface area contributed by atoms with E-state index in [-0.39, 0.29) is 6.04 Å². The SMILES string of the molecule is CC[C@H]1CN2CC[C@@H]1CC2[C@H](O)c1cc(N2CCC(N3CCCCC3)CC2)nc2ccc(OC)cc12. The van der Waals surface area contributed by atoms with Gasteiger partial charge in [-0.15, -0.1) is 0 Å². The second kappa shape index (κ2) is 10.5. The van der Waals surface area contributed by atoms with Gasteiger partial charge in [-0.2, -0.15) is 0 Å². The number of likely N-dealkylation sites (tertiary alicyclic amines) is 1. The lowest BCUT2D eigenvalue weighted by Crippen LogP contribution is -2.55. The van der Waals surface area contributed by atoms with Gasteiger partial charge in [-0.3, -0.25) is 4.90 Å². The van der Waals surface area contributed by atoms with E-state index in [2.05, 4.69) is 39.8 Å². The summed E-state index contributed by atoms with van der Waals surface area (Å²) in [6.07, 6.45) is 9.64. The zero-order valence-corrected chi connectivity index (χ0v) is 22.2. The van der Waals surface area contributed by atoms with Crippen LogP contribution in [0.3, 0.4) is 0 Å². The molecule has 6 heterocycles. The van der Waals surface area contributed by atoms with Gasteiger partial charge in [0.2, 0.25) is 0 Å². The van der Waals surface area contributed by atoms with Gasteiger partial charge in [-0.05, 0) is 99.8 Å². The Morgan fingerprint density at radius 1 is 1.00 bits per heavy atom. The number of hydrogen-bond acceptors (Lipinski definition) is 6. The lowest BCUT2D eigenvalue weighted by atomic mass is 9.72. The first-order valence-electron chi connectivity index (χ1n) is 14.5. The van der Waals surface area contributed by atoms with E-state index in [4.69, 9.17) is 9.72 Å². The number of anilines is 1. The van der Waals surface area contributed by atoms with Gasteiger partial charge in [0.1, 0.15) is 11.6 Å². The average molecular weight is 493 g/mol. The van der Waals surface area contributed by atoms with Crippen molar-refractivity contribution in [3.8, 4) is 5.75 Å². The Labute approximate surface area is 216 Å². The van der Waals surface area contributed by atoms with Crippen molar-refractivity contribution in [3.63, 3.8) is 0 Å². The van der Waals surface area contributed by atoms with Crippen molar-refractivity contribution in [3.05, 3.63) is 29.8 Å². The topological polar surface area (TPSA) is 52.1 Å². The van der Waals surface area contributed by atoms with Gasteiger partial charge >= 0.3 is 0 Å². The summed E-state index contributed by atoms with van der Waals surface area (Å²) in [5.74, 6) is 3.38. The summed E-state index contributed by atoms with van der Waals surface area (Å²) in [6.45, 7) is 9.20. The summed E-state index contributed by atoms with van der Waals surface area (Å²) < 4.78 is 5.56. The van der Waals surface area contributed by atoms with Gasteiger partial charge in [0.05, 0.1) is 18.7 Å². The lowest BCUT2D eigenvalue weighted by molar-refractivity contribution is -0.0562. The van der Waals surface area contributed by atoms with Crippen LogP contribution < -0.4 is 9.64 Å². The number of aromatic nitrogens is 1. The van der Waals surface area contributed by atoms with E-state index in [1.807, 2.05) is 6.07 Å². The molecule has 0 aliphatic carbocycles. The van der Waals surface area contributed by atoms with Crippen LogP contribution in [0.1, 0.15) is 70.0 Å². The maximum atomic E-state index is 11.9. The van der Waals surface area contributed by atoms with E-state index in [1.54, 1.807) is 7.11 Å². The lowest BCUT2D eigenvalue weighted by Gasteiger charge is -2.51. The van der Waals surface area contributed by atoms with Crippen LogP contribution in [0.4, 0.5) is 5.82 Å². The number of rotatable bonds is 6. The van der Waals surface area contributed by atoms with Gasteiger partial charge in [0, 0.05) is 37.1 Å². The van der Waals surface area contributed by atoms with Crippen LogP contribution in [0.2, 0.25) is 0 Å². The molecule has 1 aromatic heterocycles. The minimum atomic E-state index is -0.507. The van der Waals surface area contributed by atoms with Gasteiger partial charge in [-0.25, -0.2) is 4.98 Å². The quantitative estimate of drug-likeness (QED) is 0.622. The van der Waals surface area contributed by atoms with Crippen molar-refractivity contribution in [2.24, 2.45) is 11.8 Å². The molecule has 6 nitrogen and oxygen atoms in total. The fraction of sp³-hybridized carbons (Fsp3) is 0.700. The van der Waals surface area contributed by atoms with Gasteiger partial charge < -0.3 is 19.6 Å². The number of piperidine rings is 5. The van der Waals surface area contributed by atoms with Crippen LogP contribution in [0, 0.1) is 11.8 Å². The van der Waals surface area contributed by atoms with Crippen LogP contribution in [0.15, 0.2) is 24.3 Å². The molecule has 36 heavy (non-hydrogen) atoms. The third-order valence-electron chi connectivity index (χ3n) is 9.87. The number of aliphatic hydroxyl groups is 1. The Hall–Kier alpha value is -1.89. The summed E-state index contributed by atoms with van der Waals surface area (Å²) in [7, 11) is 1.71. The highest BCUT2D eigenvalue weighted by atomic mass is 16.5. The number of hydrogen-bond donors (Lipinski definition) is 1. The molecule has 0 amide bonds. The standard InChI is InChI=1S/C30H44N4O2/c1-3-21-20-34-14-9-22(21)17-28(34)30(35)26-19-29(31-27-8-7-24(36-2)18-25(26)27)33-15-10-23(11-16-33)32-12-5-4-6-13-32/h7-8,18-19,21-23,28,30,35H,3-6,9-17,20H2,1-2H3/t21-,22+,28?,30+/m0/s1. The molecule has 5 fully saturated rings. The Bertz CT molecular complexity index is 1050. The summed E-state index contributed by atoms with van der Waals surface area (Å²) in [6, 6.07) is 9.24. The first kappa shape index (κ1) is 24.4. The normalized spacial score (nSPS) is 30.6. The van der Waals surface area contributed by atoms with Crippen molar-refractivity contribution in [1.29, 1.82) is 0 Å². The van der Waals surface area contributed by atoms with Crippen molar-refractivity contribution in [1.82, 2.24) is 14.8 Å². The molecule has 5 aliphatic rings. The maximum absolute atomic E-state index is 11.9. The number of methoxy groups -OCH3 is 1. The van der Waals surface area contributed by atoms with Crippen molar-refractivity contribution >= 4 is 16.7 Å². The predicted molar refractivity (Wildman–Crippen MR) is 146 cm³/mol. The molecule has 0 radical (unpaired) electrons. The molecule has 2 aromatic rings. The molecule has 2 unspecified atom stereocenters. The Balaban J connectivity index is 1.27. The third-order valence-corrected chi connectivity index (χ3v) is 9.87. The van der Waals surface area contributed by atoms with Crippen LogP contribution in [0.25, 0.3) is 10.9 Å². The minimum absolute atomic E-state index is 0.195. The molecule has 1 aromatic carbocycles. The highest BCUT2D eigenvalue weighted by Gasteiger charge is 2.42. The highest BCUT2D eigenvalue weighted by molar-refractivity contribution is 5.86. The highest BCUT2D eigenvalue weighted by Crippen LogP contribution is 2.43. The number of pyridine rings is 1. The number of fused-ring (bicyclic) bond motifs is 4. The van der Waals surface area contributed by atoms with E-state index in [0.717, 1.165) is 72.5 Å². The molecule has 2 bridgehead atoms. The minimum Gasteiger partial charge on any atom is -0.497 e. The Morgan fingerprint density at radius 3 is 2.50 bits per heavy atom. The Morgan fingerprint density at radius 2 is 1.81 bits per heavy atom. The molecule has 7 rings (SSSR count). The van der Waals surface area contributed by atoms with E-state index in [9.17, 15) is 5.11 Å². The fourth-order valence-electron chi connectivity index (χ4n) is 7.67. The molecule has 0 spiro atoms. The summed E-state index contributed by atoms with van der Waals surface area (Å²) in [5.41, 5.74) is 1.99. The van der Waals surface area contributed by atoms with E-state index in [0.29, 0.717) is 6.04 Å². The van der Waals surface area contributed by atoms with Crippen molar-refractivity contribution in [2.45, 2.75) is 76.5 Å². The number of aliphatic hydroxyl groups excluding tert-OH is 1. The molecule has 5 atom stereocenters. The largest absolute Gasteiger partial charge is 0.497 e.